The summed E-state index contributed by atoms with van der Waals surface area (Å²) in [7, 11) is 0. The number of nitrogens with one attached hydrogen (secondary N) is 1. The molecule has 0 bridgehead atoms. The first-order valence-corrected chi connectivity index (χ1v) is 6.35. The van der Waals surface area contributed by atoms with Gasteiger partial charge in [0, 0.05) is 13.1 Å². The maximum atomic E-state index is 11.6. The molecule has 1 aromatic rings. The topological polar surface area (TPSA) is 122 Å². The minimum atomic E-state index is -1.24. The fourth-order valence-corrected chi connectivity index (χ4v) is 2.54. The Morgan fingerprint density at radius 2 is 1.85 bits per heavy atom. The van der Waals surface area contributed by atoms with E-state index in [4.69, 9.17) is 16.6 Å². The average molecular weight is 278 g/mol. The molecule has 1 saturated heterocycles. The number of para-hydroxylation sites is 2. The number of anilines is 2. The van der Waals surface area contributed by atoms with Gasteiger partial charge in [-0.2, -0.15) is 0 Å². The van der Waals surface area contributed by atoms with Crippen LogP contribution in [0, 0.1) is 0 Å². The van der Waals surface area contributed by atoms with Crippen LogP contribution in [0.5, 0.6) is 0 Å². The molecule has 0 aliphatic carbocycles. The van der Waals surface area contributed by atoms with Crippen LogP contribution in [0.15, 0.2) is 24.3 Å². The van der Waals surface area contributed by atoms with Gasteiger partial charge in [0.1, 0.15) is 5.54 Å². The molecule has 1 aliphatic heterocycles. The molecule has 7 heteroatoms. The second-order valence-corrected chi connectivity index (χ2v) is 4.92. The van der Waals surface area contributed by atoms with Crippen molar-refractivity contribution in [1.29, 1.82) is 0 Å². The van der Waals surface area contributed by atoms with E-state index in [0.717, 1.165) is 5.69 Å². The van der Waals surface area contributed by atoms with E-state index in [9.17, 15) is 9.59 Å². The van der Waals surface area contributed by atoms with E-state index in [-0.39, 0.29) is 0 Å². The van der Waals surface area contributed by atoms with Crippen molar-refractivity contribution in [2.75, 3.05) is 23.7 Å². The molecule has 0 spiro atoms. The summed E-state index contributed by atoms with van der Waals surface area (Å²) in [5.74, 6) is -0.638. The maximum Gasteiger partial charge on any atom is 0.405 e. The van der Waals surface area contributed by atoms with Crippen molar-refractivity contribution >= 4 is 23.4 Å². The molecule has 108 valence electrons. The molecule has 1 aliphatic rings. The largest absolute Gasteiger partial charge is 0.465 e. The monoisotopic (exact) mass is 278 g/mol. The van der Waals surface area contributed by atoms with Gasteiger partial charge in [0.15, 0.2) is 0 Å². The van der Waals surface area contributed by atoms with E-state index in [1.165, 1.54) is 0 Å². The third kappa shape index (κ3) is 2.61. The first kappa shape index (κ1) is 14.0. The van der Waals surface area contributed by atoms with E-state index in [1.54, 1.807) is 6.07 Å². The van der Waals surface area contributed by atoms with Gasteiger partial charge in [-0.3, -0.25) is 4.79 Å². The van der Waals surface area contributed by atoms with Gasteiger partial charge in [-0.15, -0.1) is 0 Å². The van der Waals surface area contributed by atoms with Crippen LogP contribution >= 0.6 is 0 Å². The van der Waals surface area contributed by atoms with Gasteiger partial charge in [0.25, 0.3) is 0 Å². The lowest BCUT2D eigenvalue weighted by Gasteiger charge is -2.40. The summed E-state index contributed by atoms with van der Waals surface area (Å²) in [6, 6.07) is 7.44. The van der Waals surface area contributed by atoms with Crippen molar-refractivity contribution in [2.45, 2.75) is 18.4 Å². The van der Waals surface area contributed by atoms with E-state index < -0.39 is 17.5 Å². The Kier molecular flexibility index (Phi) is 3.69. The van der Waals surface area contributed by atoms with E-state index >= 15 is 0 Å². The van der Waals surface area contributed by atoms with Gasteiger partial charge in [-0.25, -0.2) is 4.79 Å². The summed E-state index contributed by atoms with van der Waals surface area (Å²) in [4.78, 5) is 24.4. The number of hydrogen-bond acceptors (Lipinski definition) is 4. The molecule has 0 unspecified atom stereocenters. The average Bonchev–Trinajstić information content (AvgIpc) is 2.39. The molecule has 6 N–H and O–H groups in total. The fourth-order valence-electron chi connectivity index (χ4n) is 2.54. The van der Waals surface area contributed by atoms with Crippen molar-refractivity contribution in [3.8, 4) is 0 Å². The number of hydrogen-bond donors (Lipinski definition) is 4. The summed E-state index contributed by atoms with van der Waals surface area (Å²) in [6.07, 6.45) is -0.595. The van der Waals surface area contributed by atoms with Crippen molar-refractivity contribution in [3.63, 3.8) is 0 Å². The van der Waals surface area contributed by atoms with Crippen LogP contribution in [0.2, 0.25) is 0 Å². The highest BCUT2D eigenvalue weighted by molar-refractivity contribution is 5.88. The van der Waals surface area contributed by atoms with Gasteiger partial charge in [-0.05, 0) is 25.0 Å². The Hall–Kier alpha value is -2.44. The minimum Gasteiger partial charge on any atom is -0.465 e. The summed E-state index contributed by atoms with van der Waals surface area (Å²) in [6.45, 7) is 1.02. The first-order valence-electron chi connectivity index (χ1n) is 6.35. The summed E-state index contributed by atoms with van der Waals surface area (Å²) in [5.41, 5.74) is 11.6. The molecule has 0 saturated carbocycles. The fraction of sp³-hybridized carbons (Fsp3) is 0.385. The van der Waals surface area contributed by atoms with Crippen LogP contribution in [-0.4, -0.2) is 35.7 Å². The van der Waals surface area contributed by atoms with Crippen molar-refractivity contribution in [1.82, 2.24) is 5.32 Å². The number of nitrogen functional groups attached to an aromatic ring is 1. The summed E-state index contributed by atoms with van der Waals surface area (Å²) < 4.78 is 0. The third-order valence-electron chi connectivity index (χ3n) is 3.71. The number of benzene rings is 1. The second kappa shape index (κ2) is 5.28. The third-order valence-corrected chi connectivity index (χ3v) is 3.71. The van der Waals surface area contributed by atoms with Crippen LogP contribution < -0.4 is 21.7 Å². The number of carboxylic acid groups (broad SMARTS) is 1. The Morgan fingerprint density at radius 1 is 1.25 bits per heavy atom. The molecule has 0 aromatic heterocycles. The zero-order valence-electron chi connectivity index (χ0n) is 11.0. The van der Waals surface area contributed by atoms with Gasteiger partial charge >= 0.3 is 6.09 Å². The lowest BCUT2D eigenvalue weighted by molar-refractivity contribution is -0.125. The molecule has 1 fully saturated rings. The summed E-state index contributed by atoms with van der Waals surface area (Å²) in [5, 5.41) is 11.1. The quantitative estimate of drug-likeness (QED) is 0.595. The van der Waals surface area contributed by atoms with E-state index in [0.29, 0.717) is 31.6 Å². The standard InChI is InChI=1S/C13H18N4O3/c14-9-3-1-2-4-10(9)17-7-5-13(6-8-17,11(15)18)16-12(19)20/h1-4,16H,5-8,14H2,(H2,15,18)(H,19,20). The lowest BCUT2D eigenvalue weighted by atomic mass is 9.86. The van der Waals surface area contributed by atoms with Gasteiger partial charge in [0.2, 0.25) is 5.91 Å². The Labute approximate surface area is 116 Å². The smallest absolute Gasteiger partial charge is 0.405 e. The minimum absolute atomic E-state index is 0.322. The lowest BCUT2D eigenvalue weighted by Crippen LogP contribution is -2.62. The van der Waals surface area contributed by atoms with Gasteiger partial charge in [0.05, 0.1) is 11.4 Å². The highest BCUT2D eigenvalue weighted by Crippen LogP contribution is 2.29. The number of piperidine rings is 1. The molecule has 7 nitrogen and oxygen atoms in total. The molecule has 0 atom stereocenters. The molecule has 1 heterocycles. The normalized spacial score (nSPS) is 17.5. The van der Waals surface area contributed by atoms with Crippen LogP contribution in [0.4, 0.5) is 16.2 Å². The number of nitrogens with zero attached hydrogens (tertiary/aromatic N) is 1. The summed E-state index contributed by atoms with van der Waals surface area (Å²) >= 11 is 0. The van der Waals surface area contributed by atoms with Crippen molar-refractivity contribution < 1.29 is 14.7 Å². The zero-order valence-corrected chi connectivity index (χ0v) is 11.0. The first-order chi connectivity index (χ1) is 9.44. The highest BCUT2D eigenvalue weighted by Gasteiger charge is 2.41. The van der Waals surface area contributed by atoms with Crippen molar-refractivity contribution in [2.24, 2.45) is 5.73 Å². The van der Waals surface area contributed by atoms with Crippen LogP contribution in [-0.2, 0) is 4.79 Å². The van der Waals surface area contributed by atoms with Gasteiger partial charge < -0.3 is 26.8 Å². The van der Waals surface area contributed by atoms with Crippen molar-refractivity contribution in [3.05, 3.63) is 24.3 Å². The number of rotatable bonds is 3. The van der Waals surface area contributed by atoms with E-state index in [1.807, 2.05) is 23.1 Å². The zero-order chi connectivity index (χ0) is 14.8. The number of carbonyl (C=O) groups is 2. The molecule has 2 amide bonds. The molecule has 1 aromatic carbocycles. The number of primary amides is 1. The Bertz CT molecular complexity index is 524. The predicted molar refractivity (Wildman–Crippen MR) is 75.4 cm³/mol. The molecule has 2 rings (SSSR count). The molecule has 20 heavy (non-hydrogen) atoms. The Balaban J connectivity index is 2.13. The maximum absolute atomic E-state index is 11.6. The molecular weight excluding hydrogens is 260 g/mol. The SMILES string of the molecule is NC(=O)C1(NC(=O)O)CCN(c2ccccc2N)CC1. The van der Waals surface area contributed by atoms with Crippen LogP contribution in [0.1, 0.15) is 12.8 Å². The second-order valence-electron chi connectivity index (χ2n) is 4.92. The number of amides is 2. The highest BCUT2D eigenvalue weighted by atomic mass is 16.4. The van der Waals surface area contributed by atoms with Crippen LogP contribution in [0.25, 0.3) is 0 Å². The van der Waals surface area contributed by atoms with E-state index in [2.05, 4.69) is 5.32 Å². The predicted octanol–water partition coefficient (Wildman–Crippen LogP) is 0.361. The van der Waals surface area contributed by atoms with Gasteiger partial charge in [-0.1, -0.05) is 12.1 Å². The molecular formula is C13H18N4O3. The Morgan fingerprint density at radius 3 is 2.35 bits per heavy atom. The van der Waals surface area contributed by atoms with Crippen LogP contribution in [0.3, 0.4) is 0 Å². The molecule has 0 radical (unpaired) electrons. The number of nitrogens with two attached hydrogens (primary N) is 2. The number of carbonyl (C=O) groups excluding carboxylic acids is 1.